The Hall–Kier alpha value is -0.790. The molecule has 1 amide bonds. The molecule has 0 spiro atoms. The van der Waals surface area contributed by atoms with E-state index in [1.165, 1.54) is 0 Å². The van der Waals surface area contributed by atoms with Gasteiger partial charge in [0, 0.05) is 13.1 Å². The topological polar surface area (TPSA) is 20.3 Å². The minimum Gasteiger partial charge on any atom is -0.342 e. The summed E-state index contributed by atoms with van der Waals surface area (Å²) in [4.78, 5) is 13.4. The van der Waals surface area contributed by atoms with Gasteiger partial charge < -0.3 is 4.90 Å². The summed E-state index contributed by atoms with van der Waals surface area (Å²) < 4.78 is 0. The molecular formula is C9H15NO. The second-order valence-corrected chi connectivity index (χ2v) is 2.92. The van der Waals surface area contributed by atoms with Crippen LogP contribution in [-0.2, 0) is 4.79 Å². The standard InChI is InChI=1S/C9H15NO/c1-3-10-7-5-4-6-8(2)9(10)11/h4,6,8H,3,5,7H2,1-2H3. The Balaban J connectivity index is 2.65. The summed E-state index contributed by atoms with van der Waals surface area (Å²) >= 11 is 0. The van der Waals surface area contributed by atoms with Gasteiger partial charge in [0.2, 0.25) is 5.91 Å². The minimum absolute atomic E-state index is 0.0810. The number of hydrogen-bond donors (Lipinski definition) is 0. The molecule has 0 N–H and O–H groups in total. The summed E-state index contributed by atoms with van der Waals surface area (Å²) in [6, 6.07) is 0. The van der Waals surface area contributed by atoms with Crippen molar-refractivity contribution in [1.82, 2.24) is 4.90 Å². The SMILES string of the molecule is CCN1CCC=CC(C)C1=O. The van der Waals surface area contributed by atoms with Crippen LogP contribution in [0.25, 0.3) is 0 Å². The molecule has 1 rings (SSSR count). The number of carbonyl (C=O) groups is 1. The molecule has 0 radical (unpaired) electrons. The van der Waals surface area contributed by atoms with Crippen molar-refractivity contribution in [2.75, 3.05) is 13.1 Å². The highest BCUT2D eigenvalue weighted by molar-refractivity contribution is 5.80. The number of nitrogens with zero attached hydrogens (tertiary/aromatic N) is 1. The molecule has 1 unspecified atom stereocenters. The van der Waals surface area contributed by atoms with Crippen molar-refractivity contribution >= 4 is 5.91 Å². The number of hydrogen-bond acceptors (Lipinski definition) is 1. The zero-order chi connectivity index (χ0) is 8.27. The molecule has 11 heavy (non-hydrogen) atoms. The average Bonchev–Trinajstić information content (AvgIpc) is 2.16. The van der Waals surface area contributed by atoms with Crippen LogP contribution in [0, 0.1) is 5.92 Å². The molecule has 1 aliphatic rings. The number of amides is 1. The van der Waals surface area contributed by atoms with E-state index in [0.29, 0.717) is 0 Å². The molecule has 62 valence electrons. The van der Waals surface area contributed by atoms with Crippen molar-refractivity contribution in [1.29, 1.82) is 0 Å². The lowest BCUT2D eigenvalue weighted by Gasteiger charge is -2.20. The lowest BCUT2D eigenvalue weighted by molar-refractivity contribution is -0.133. The Morgan fingerprint density at radius 2 is 2.45 bits per heavy atom. The van der Waals surface area contributed by atoms with Gasteiger partial charge in [0.05, 0.1) is 5.92 Å². The van der Waals surface area contributed by atoms with Crippen LogP contribution < -0.4 is 0 Å². The van der Waals surface area contributed by atoms with Crippen LogP contribution in [0.5, 0.6) is 0 Å². The van der Waals surface area contributed by atoms with Gasteiger partial charge in [-0.25, -0.2) is 0 Å². The van der Waals surface area contributed by atoms with E-state index in [-0.39, 0.29) is 11.8 Å². The van der Waals surface area contributed by atoms with E-state index in [0.717, 1.165) is 19.5 Å². The molecule has 0 aromatic carbocycles. The van der Waals surface area contributed by atoms with E-state index in [1.807, 2.05) is 24.8 Å². The molecule has 1 aliphatic heterocycles. The van der Waals surface area contributed by atoms with Gasteiger partial charge >= 0.3 is 0 Å². The minimum atomic E-state index is 0.0810. The highest BCUT2D eigenvalue weighted by atomic mass is 16.2. The molecule has 0 aliphatic carbocycles. The Morgan fingerprint density at radius 1 is 1.73 bits per heavy atom. The predicted molar refractivity (Wildman–Crippen MR) is 45.2 cm³/mol. The van der Waals surface area contributed by atoms with Crippen LogP contribution in [0.15, 0.2) is 12.2 Å². The molecule has 2 heteroatoms. The fourth-order valence-corrected chi connectivity index (χ4v) is 1.33. The quantitative estimate of drug-likeness (QED) is 0.522. The summed E-state index contributed by atoms with van der Waals surface area (Å²) in [5.74, 6) is 0.346. The largest absolute Gasteiger partial charge is 0.342 e. The van der Waals surface area contributed by atoms with Crippen molar-refractivity contribution in [3.05, 3.63) is 12.2 Å². The van der Waals surface area contributed by atoms with Crippen molar-refractivity contribution in [2.24, 2.45) is 5.92 Å². The Labute approximate surface area is 67.9 Å². The Bertz CT molecular complexity index is 174. The zero-order valence-electron chi connectivity index (χ0n) is 7.21. The van der Waals surface area contributed by atoms with Crippen molar-refractivity contribution in [2.45, 2.75) is 20.3 Å². The summed E-state index contributed by atoms with van der Waals surface area (Å²) in [7, 11) is 0. The van der Waals surface area contributed by atoms with E-state index in [1.54, 1.807) is 0 Å². The molecule has 1 heterocycles. The van der Waals surface area contributed by atoms with Gasteiger partial charge in [0.15, 0.2) is 0 Å². The van der Waals surface area contributed by atoms with Gasteiger partial charge in [0.1, 0.15) is 0 Å². The van der Waals surface area contributed by atoms with Crippen molar-refractivity contribution in [3.63, 3.8) is 0 Å². The Morgan fingerprint density at radius 3 is 3.09 bits per heavy atom. The van der Waals surface area contributed by atoms with Gasteiger partial charge in [-0.15, -0.1) is 0 Å². The number of rotatable bonds is 1. The van der Waals surface area contributed by atoms with Crippen molar-refractivity contribution in [3.8, 4) is 0 Å². The number of carbonyl (C=O) groups excluding carboxylic acids is 1. The van der Waals surface area contributed by atoms with Gasteiger partial charge in [-0.1, -0.05) is 19.1 Å². The van der Waals surface area contributed by atoms with Crippen molar-refractivity contribution < 1.29 is 4.79 Å². The average molecular weight is 153 g/mol. The molecule has 2 nitrogen and oxygen atoms in total. The van der Waals surface area contributed by atoms with Crippen LogP contribution in [0.2, 0.25) is 0 Å². The third-order valence-corrected chi connectivity index (χ3v) is 2.07. The maximum absolute atomic E-state index is 11.5. The smallest absolute Gasteiger partial charge is 0.229 e. The van der Waals surface area contributed by atoms with E-state index in [4.69, 9.17) is 0 Å². The highest BCUT2D eigenvalue weighted by Crippen LogP contribution is 2.09. The Kier molecular flexibility index (Phi) is 2.69. The maximum atomic E-state index is 11.5. The first-order valence-corrected chi connectivity index (χ1v) is 4.21. The normalized spacial score (nSPS) is 25.5. The summed E-state index contributed by atoms with van der Waals surface area (Å²) in [6.07, 6.45) is 5.10. The van der Waals surface area contributed by atoms with Crippen LogP contribution >= 0.6 is 0 Å². The fraction of sp³-hybridized carbons (Fsp3) is 0.667. The maximum Gasteiger partial charge on any atom is 0.229 e. The molecule has 0 aromatic heterocycles. The van der Waals surface area contributed by atoms with Crippen LogP contribution in [0.4, 0.5) is 0 Å². The first-order chi connectivity index (χ1) is 5.25. The van der Waals surface area contributed by atoms with Crippen LogP contribution in [0.3, 0.4) is 0 Å². The van der Waals surface area contributed by atoms with E-state index < -0.39 is 0 Å². The molecule has 0 saturated carbocycles. The molecule has 0 aromatic rings. The second-order valence-electron chi connectivity index (χ2n) is 2.92. The molecule has 0 saturated heterocycles. The van der Waals surface area contributed by atoms with E-state index >= 15 is 0 Å². The van der Waals surface area contributed by atoms with E-state index in [9.17, 15) is 4.79 Å². The van der Waals surface area contributed by atoms with Gasteiger partial charge in [-0.05, 0) is 13.3 Å². The third-order valence-electron chi connectivity index (χ3n) is 2.07. The second kappa shape index (κ2) is 3.56. The first kappa shape index (κ1) is 8.31. The lowest BCUT2D eigenvalue weighted by Crippen LogP contribution is -2.33. The molecule has 0 bridgehead atoms. The summed E-state index contributed by atoms with van der Waals surface area (Å²) in [6.45, 7) is 5.70. The lowest BCUT2D eigenvalue weighted by atomic mass is 10.1. The monoisotopic (exact) mass is 153 g/mol. The molecule has 0 fully saturated rings. The van der Waals surface area contributed by atoms with Crippen LogP contribution in [-0.4, -0.2) is 23.9 Å². The van der Waals surface area contributed by atoms with Gasteiger partial charge in [-0.2, -0.15) is 0 Å². The third kappa shape index (κ3) is 1.82. The fourth-order valence-electron chi connectivity index (χ4n) is 1.33. The summed E-state index contributed by atoms with van der Waals surface area (Å²) in [5, 5.41) is 0. The molecular weight excluding hydrogens is 138 g/mol. The predicted octanol–water partition coefficient (Wildman–Crippen LogP) is 1.43. The summed E-state index contributed by atoms with van der Waals surface area (Å²) in [5.41, 5.74) is 0. The van der Waals surface area contributed by atoms with Crippen LogP contribution in [0.1, 0.15) is 20.3 Å². The van der Waals surface area contributed by atoms with Gasteiger partial charge in [-0.3, -0.25) is 4.79 Å². The highest BCUT2D eigenvalue weighted by Gasteiger charge is 2.17. The first-order valence-electron chi connectivity index (χ1n) is 4.21. The van der Waals surface area contributed by atoms with Gasteiger partial charge in [0.25, 0.3) is 0 Å². The molecule has 1 atom stereocenters. The van der Waals surface area contributed by atoms with E-state index in [2.05, 4.69) is 6.08 Å². The zero-order valence-corrected chi connectivity index (χ0v) is 7.21.